The van der Waals surface area contributed by atoms with Gasteiger partial charge >= 0.3 is 0 Å². The molecule has 0 bridgehead atoms. The van der Waals surface area contributed by atoms with E-state index < -0.39 is 24.4 Å². The van der Waals surface area contributed by atoms with Crippen LogP contribution in [0.3, 0.4) is 0 Å². The topological polar surface area (TPSA) is 46.2 Å². The Bertz CT molecular complexity index is 218. The number of halogens is 2. The van der Waals surface area contributed by atoms with Crippen molar-refractivity contribution in [2.45, 2.75) is 37.3 Å². The molecule has 0 saturated heterocycles. The molecule has 82 valence electrons. The highest BCUT2D eigenvalue weighted by Crippen LogP contribution is 2.53. The number of aliphatic hydroxyl groups is 1. The van der Waals surface area contributed by atoms with Gasteiger partial charge in [0, 0.05) is 11.5 Å². The average Bonchev–Trinajstić information content (AvgIpc) is 2.94. The molecule has 1 atom stereocenters. The van der Waals surface area contributed by atoms with Crippen molar-refractivity contribution in [3.63, 3.8) is 0 Å². The molecule has 0 heterocycles. The zero-order valence-electron chi connectivity index (χ0n) is 8.18. The third-order valence-electron chi connectivity index (χ3n) is 3.68. The fourth-order valence-electron chi connectivity index (χ4n) is 2.60. The summed E-state index contributed by atoms with van der Waals surface area (Å²) in [4.78, 5) is 0. The first kappa shape index (κ1) is 10.3. The normalized spacial score (nSPS) is 30.9. The van der Waals surface area contributed by atoms with E-state index in [9.17, 15) is 13.9 Å². The van der Waals surface area contributed by atoms with E-state index in [-0.39, 0.29) is 18.9 Å². The van der Waals surface area contributed by atoms with Crippen LogP contribution < -0.4 is 5.73 Å². The molecular weight excluding hydrogens is 188 g/mol. The minimum atomic E-state index is -1.00. The van der Waals surface area contributed by atoms with Crippen LogP contribution in [0, 0.1) is 11.3 Å². The number of hydrogen-bond donors (Lipinski definition) is 2. The maximum absolute atomic E-state index is 12.5. The fraction of sp³-hybridized carbons (Fsp3) is 1.00. The van der Waals surface area contributed by atoms with Crippen LogP contribution in [-0.2, 0) is 0 Å². The molecule has 1 unspecified atom stereocenters. The Morgan fingerprint density at radius 3 is 2.14 bits per heavy atom. The van der Waals surface area contributed by atoms with Crippen molar-refractivity contribution in [1.82, 2.24) is 0 Å². The molecule has 3 N–H and O–H groups in total. The Kier molecular flexibility index (Phi) is 2.31. The molecule has 2 rings (SSSR count). The van der Waals surface area contributed by atoms with Crippen molar-refractivity contribution >= 4 is 0 Å². The lowest BCUT2D eigenvalue weighted by Crippen LogP contribution is -2.63. The van der Waals surface area contributed by atoms with Crippen LogP contribution in [0.15, 0.2) is 0 Å². The van der Waals surface area contributed by atoms with E-state index in [1.54, 1.807) is 0 Å². The van der Waals surface area contributed by atoms with Gasteiger partial charge in [-0.2, -0.15) is 0 Å². The molecule has 2 fully saturated rings. The van der Waals surface area contributed by atoms with E-state index in [0.29, 0.717) is 5.92 Å². The van der Waals surface area contributed by atoms with Gasteiger partial charge in [-0.05, 0) is 31.6 Å². The zero-order valence-corrected chi connectivity index (χ0v) is 8.18. The van der Waals surface area contributed by atoms with Gasteiger partial charge in [-0.3, -0.25) is 8.78 Å². The Hall–Kier alpha value is -0.220. The highest BCUT2D eigenvalue weighted by molar-refractivity contribution is 5.11. The molecule has 14 heavy (non-hydrogen) atoms. The van der Waals surface area contributed by atoms with Crippen LogP contribution in [-0.4, -0.2) is 30.1 Å². The zero-order chi connectivity index (χ0) is 10.4. The number of nitrogens with two attached hydrogens (primary N) is 1. The van der Waals surface area contributed by atoms with E-state index in [4.69, 9.17) is 5.73 Å². The Morgan fingerprint density at radius 1 is 1.29 bits per heavy atom. The van der Waals surface area contributed by atoms with Crippen LogP contribution in [0.2, 0.25) is 0 Å². The molecule has 0 aromatic heterocycles. The molecule has 0 amide bonds. The molecule has 0 spiro atoms. The van der Waals surface area contributed by atoms with Crippen molar-refractivity contribution in [3.8, 4) is 0 Å². The monoisotopic (exact) mass is 205 g/mol. The summed E-state index contributed by atoms with van der Waals surface area (Å²) >= 11 is 0. The molecule has 2 aliphatic rings. The molecule has 2 saturated carbocycles. The highest BCUT2D eigenvalue weighted by Gasteiger charge is 2.59. The van der Waals surface area contributed by atoms with E-state index in [0.717, 1.165) is 12.8 Å². The summed E-state index contributed by atoms with van der Waals surface area (Å²) in [5.41, 5.74) is 3.92. The second-order valence-electron chi connectivity index (χ2n) is 5.09. The van der Waals surface area contributed by atoms with Crippen LogP contribution in [0.1, 0.15) is 25.7 Å². The third-order valence-corrected chi connectivity index (χ3v) is 3.68. The maximum Gasteiger partial charge on any atom is 0.0977 e. The SMILES string of the molecule is NC(C1CC1)C1(O)CC(CF)(CF)C1. The van der Waals surface area contributed by atoms with E-state index >= 15 is 0 Å². The minimum absolute atomic E-state index is 0.185. The van der Waals surface area contributed by atoms with Crippen LogP contribution in [0.25, 0.3) is 0 Å². The molecule has 2 aliphatic carbocycles. The van der Waals surface area contributed by atoms with E-state index in [2.05, 4.69) is 0 Å². The summed E-state index contributed by atoms with van der Waals surface area (Å²) in [5.74, 6) is 0.372. The summed E-state index contributed by atoms with van der Waals surface area (Å²) in [5, 5.41) is 10.0. The smallest absolute Gasteiger partial charge is 0.0977 e. The molecule has 0 radical (unpaired) electrons. The standard InChI is InChI=1S/C10H17F2NO/c11-5-9(6-12)3-10(14,4-9)8(13)7-1-2-7/h7-8,14H,1-6,13H2. The van der Waals surface area contributed by atoms with Crippen LogP contribution >= 0.6 is 0 Å². The molecule has 0 aromatic rings. The van der Waals surface area contributed by atoms with Gasteiger partial charge in [0.15, 0.2) is 0 Å². The summed E-state index contributed by atoms with van der Waals surface area (Å²) in [6.45, 7) is -1.38. The maximum atomic E-state index is 12.5. The van der Waals surface area contributed by atoms with Gasteiger partial charge < -0.3 is 10.8 Å². The second-order valence-corrected chi connectivity index (χ2v) is 5.09. The van der Waals surface area contributed by atoms with Crippen LogP contribution in [0.4, 0.5) is 8.78 Å². The number of hydrogen-bond acceptors (Lipinski definition) is 2. The summed E-state index contributed by atoms with van der Waals surface area (Å²) < 4.78 is 25.1. The number of rotatable bonds is 4. The van der Waals surface area contributed by atoms with Gasteiger partial charge in [0.1, 0.15) is 0 Å². The van der Waals surface area contributed by atoms with Gasteiger partial charge in [-0.25, -0.2) is 0 Å². The largest absolute Gasteiger partial charge is 0.388 e. The summed E-state index contributed by atoms with van der Waals surface area (Å²) in [6, 6.07) is -0.284. The van der Waals surface area contributed by atoms with Crippen LogP contribution in [0.5, 0.6) is 0 Å². The lowest BCUT2D eigenvalue weighted by Gasteiger charge is -2.53. The van der Waals surface area contributed by atoms with E-state index in [1.165, 1.54) is 0 Å². The Labute approximate surface area is 82.5 Å². The number of alkyl halides is 2. The lowest BCUT2D eigenvalue weighted by molar-refractivity contribution is -0.160. The highest BCUT2D eigenvalue weighted by atomic mass is 19.1. The van der Waals surface area contributed by atoms with Crippen molar-refractivity contribution in [3.05, 3.63) is 0 Å². The van der Waals surface area contributed by atoms with Crippen molar-refractivity contribution < 1.29 is 13.9 Å². The Balaban J connectivity index is 1.95. The summed E-state index contributed by atoms with van der Waals surface area (Å²) in [7, 11) is 0. The molecule has 4 heteroatoms. The lowest BCUT2D eigenvalue weighted by atomic mass is 9.57. The predicted octanol–water partition coefficient (Wildman–Crippen LogP) is 1.17. The first-order chi connectivity index (χ1) is 6.55. The van der Waals surface area contributed by atoms with Gasteiger partial charge in [-0.1, -0.05) is 0 Å². The summed E-state index contributed by atoms with van der Waals surface area (Å²) in [6.07, 6.45) is 2.46. The van der Waals surface area contributed by atoms with Crippen molar-refractivity contribution in [2.24, 2.45) is 17.1 Å². The minimum Gasteiger partial charge on any atom is -0.388 e. The van der Waals surface area contributed by atoms with Gasteiger partial charge in [-0.15, -0.1) is 0 Å². The Morgan fingerprint density at radius 2 is 1.79 bits per heavy atom. The average molecular weight is 205 g/mol. The first-order valence-corrected chi connectivity index (χ1v) is 5.15. The third kappa shape index (κ3) is 1.44. The van der Waals surface area contributed by atoms with Crippen molar-refractivity contribution in [2.75, 3.05) is 13.3 Å². The molecular formula is C10H17F2NO. The first-order valence-electron chi connectivity index (χ1n) is 5.15. The molecule has 0 aromatic carbocycles. The predicted molar refractivity (Wildman–Crippen MR) is 49.3 cm³/mol. The molecule has 2 nitrogen and oxygen atoms in total. The second kappa shape index (κ2) is 3.14. The van der Waals surface area contributed by atoms with Gasteiger partial charge in [0.25, 0.3) is 0 Å². The molecule has 0 aliphatic heterocycles. The van der Waals surface area contributed by atoms with E-state index in [1.807, 2.05) is 0 Å². The van der Waals surface area contributed by atoms with Gasteiger partial charge in [0.05, 0.1) is 19.0 Å². The van der Waals surface area contributed by atoms with Crippen molar-refractivity contribution in [1.29, 1.82) is 0 Å². The van der Waals surface area contributed by atoms with Gasteiger partial charge in [0.2, 0.25) is 0 Å². The fourth-order valence-corrected chi connectivity index (χ4v) is 2.60. The quantitative estimate of drug-likeness (QED) is 0.723.